The van der Waals surface area contributed by atoms with Gasteiger partial charge in [-0.25, -0.2) is 0 Å². The predicted molar refractivity (Wildman–Crippen MR) is 70.4 cm³/mol. The van der Waals surface area contributed by atoms with Gasteiger partial charge in [0.05, 0.1) is 0 Å². The second kappa shape index (κ2) is 6.02. The lowest BCUT2D eigenvalue weighted by molar-refractivity contribution is 0.438. The monoisotopic (exact) mass is 220 g/mol. The molecule has 0 aliphatic carbocycles. The molecule has 0 spiro atoms. The Kier molecular flexibility index (Phi) is 4.97. The molecule has 0 radical (unpaired) electrons. The van der Waals surface area contributed by atoms with Crippen LogP contribution < -0.4 is 11.1 Å². The van der Waals surface area contributed by atoms with E-state index in [1.807, 2.05) is 6.07 Å². The third-order valence-corrected chi connectivity index (χ3v) is 2.75. The predicted octanol–water partition coefficient (Wildman–Crippen LogP) is 2.85. The molecule has 0 aliphatic heterocycles. The molecule has 2 heteroatoms. The summed E-state index contributed by atoms with van der Waals surface area (Å²) in [5, 5.41) is 3.52. The minimum Gasteiger partial charge on any atom is -0.326 e. The van der Waals surface area contributed by atoms with Gasteiger partial charge in [-0.15, -0.1) is 0 Å². The summed E-state index contributed by atoms with van der Waals surface area (Å²) in [5.74, 6) is 0. The normalized spacial score (nSPS) is 13.8. The van der Waals surface area contributed by atoms with E-state index in [4.69, 9.17) is 5.73 Å². The molecule has 0 saturated carbocycles. The second-order valence-electron chi connectivity index (χ2n) is 5.18. The Bertz CT molecular complexity index is 287. The zero-order chi connectivity index (χ0) is 12.0. The Morgan fingerprint density at radius 3 is 2.44 bits per heavy atom. The average Bonchev–Trinajstić information content (AvgIpc) is 2.24. The van der Waals surface area contributed by atoms with Crippen molar-refractivity contribution in [2.75, 3.05) is 6.54 Å². The first kappa shape index (κ1) is 13.2. The lowest BCUT2D eigenvalue weighted by Gasteiger charge is -2.19. The maximum atomic E-state index is 5.94. The summed E-state index contributed by atoms with van der Waals surface area (Å²) >= 11 is 0. The molecule has 0 aromatic heterocycles. The largest absolute Gasteiger partial charge is 0.326 e. The molecule has 1 aromatic carbocycles. The van der Waals surface area contributed by atoms with E-state index in [1.165, 1.54) is 5.56 Å². The standard InChI is InChI=1S/C14H24N2/c1-12(13-8-5-4-6-9-13)16-11-7-10-14(2,3)15/h4-6,8-9,12,16H,7,10-11,15H2,1-3H3. The summed E-state index contributed by atoms with van der Waals surface area (Å²) in [4.78, 5) is 0. The Morgan fingerprint density at radius 2 is 1.88 bits per heavy atom. The third kappa shape index (κ3) is 5.29. The van der Waals surface area contributed by atoms with E-state index in [0.29, 0.717) is 6.04 Å². The molecule has 0 heterocycles. The van der Waals surface area contributed by atoms with Crippen molar-refractivity contribution < 1.29 is 0 Å². The van der Waals surface area contributed by atoms with Crippen LogP contribution in [0, 0.1) is 0 Å². The van der Waals surface area contributed by atoms with E-state index in [0.717, 1.165) is 19.4 Å². The van der Waals surface area contributed by atoms with Crippen molar-refractivity contribution in [1.29, 1.82) is 0 Å². The molecule has 90 valence electrons. The van der Waals surface area contributed by atoms with Crippen LogP contribution in [0.2, 0.25) is 0 Å². The van der Waals surface area contributed by atoms with Gasteiger partial charge in [0.1, 0.15) is 0 Å². The first-order chi connectivity index (χ1) is 7.49. The summed E-state index contributed by atoms with van der Waals surface area (Å²) in [6.07, 6.45) is 2.18. The minimum atomic E-state index is -0.0440. The smallest absolute Gasteiger partial charge is 0.0291 e. The van der Waals surface area contributed by atoms with Crippen LogP contribution in [0.3, 0.4) is 0 Å². The highest BCUT2D eigenvalue weighted by Gasteiger charge is 2.10. The quantitative estimate of drug-likeness (QED) is 0.723. The number of benzene rings is 1. The second-order valence-corrected chi connectivity index (χ2v) is 5.18. The molecule has 1 rings (SSSR count). The van der Waals surface area contributed by atoms with Crippen molar-refractivity contribution in [1.82, 2.24) is 5.32 Å². The highest BCUT2D eigenvalue weighted by Crippen LogP contribution is 2.12. The van der Waals surface area contributed by atoms with Crippen LogP contribution >= 0.6 is 0 Å². The summed E-state index contributed by atoms with van der Waals surface area (Å²) in [6, 6.07) is 10.9. The number of hydrogen-bond acceptors (Lipinski definition) is 2. The van der Waals surface area contributed by atoms with Gasteiger partial charge in [0.25, 0.3) is 0 Å². The van der Waals surface area contributed by atoms with Gasteiger partial charge >= 0.3 is 0 Å². The highest BCUT2D eigenvalue weighted by atomic mass is 14.9. The number of nitrogens with two attached hydrogens (primary N) is 1. The molecule has 1 unspecified atom stereocenters. The van der Waals surface area contributed by atoms with Gasteiger partial charge in [0, 0.05) is 11.6 Å². The molecule has 1 atom stereocenters. The molecule has 1 aromatic rings. The fraction of sp³-hybridized carbons (Fsp3) is 0.571. The van der Waals surface area contributed by atoms with Crippen LogP contribution in [0.25, 0.3) is 0 Å². The van der Waals surface area contributed by atoms with Crippen molar-refractivity contribution in [3.63, 3.8) is 0 Å². The van der Waals surface area contributed by atoms with Crippen LogP contribution in [0.15, 0.2) is 30.3 Å². The van der Waals surface area contributed by atoms with E-state index in [1.54, 1.807) is 0 Å². The molecule has 0 saturated heterocycles. The van der Waals surface area contributed by atoms with Crippen molar-refractivity contribution in [2.24, 2.45) is 5.73 Å². The lowest BCUT2D eigenvalue weighted by atomic mass is 10.00. The summed E-state index contributed by atoms with van der Waals surface area (Å²) in [5.41, 5.74) is 7.23. The van der Waals surface area contributed by atoms with E-state index < -0.39 is 0 Å². The Labute approximate surface area is 99.2 Å². The minimum absolute atomic E-state index is 0.0440. The van der Waals surface area contributed by atoms with Crippen molar-refractivity contribution in [2.45, 2.75) is 45.2 Å². The van der Waals surface area contributed by atoms with Gasteiger partial charge in [-0.1, -0.05) is 30.3 Å². The van der Waals surface area contributed by atoms with Gasteiger partial charge in [0.15, 0.2) is 0 Å². The van der Waals surface area contributed by atoms with E-state index in [9.17, 15) is 0 Å². The van der Waals surface area contributed by atoms with Gasteiger partial charge in [-0.3, -0.25) is 0 Å². The fourth-order valence-corrected chi connectivity index (χ4v) is 1.72. The first-order valence-electron chi connectivity index (χ1n) is 6.06. The number of hydrogen-bond donors (Lipinski definition) is 2. The molecule has 16 heavy (non-hydrogen) atoms. The van der Waals surface area contributed by atoms with E-state index in [-0.39, 0.29) is 5.54 Å². The van der Waals surface area contributed by atoms with E-state index in [2.05, 4.69) is 50.4 Å². The number of nitrogens with one attached hydrogen (secondary N) is 1. The van der Waals surface area contributed by atoms with Crippen molar-refractivity contribution in [3.8, 4) is 0 Å². The van der Waals surface area contributed by atoms with Crippen LogP contribution in [0.5, 0.6) is 0 Å². The van der Waals surface area contributed by atoms with Gasteiger partial charge < -0.3 is 11.1 Å². The van der Waals surface area contributed by atoms with Crippen LogP contribution in [0.4, 0.5) is 0 Å². The van der Waals surface area contributed by atoms with Gasteiger partial charge in [0.2, 0.25) is 0 Å². The zero-order valence-electron chi connectivity index (χ0n) is 10.7. The van der Waals surface area contributed by atoms with Crippen molar-refractivity contribution in [3.05, 3.63) is 35.9 Å². The molecule has 0 fully saturated rings. The van der Waals surface area contributed by atoms with Gasteiger partial charge in [-0.2, -0.15) is 0 Å². The Morgan fingerprint density at radius 1 is 1.25 bits per heavy atom. The molecule has 0 bridgehead atoms. The van der Waals surface area contributed by atoms with Gasteiger partial charge in [-0.05, 0) is 45.7 Å². The molecule has 0 amide bonds. The molecular weight excluding hydrogens is 196 g/mol. The average molecular weight is 220 g/mol. The van der Waals surface area contributed by atoms with Crippen LogP contribution in [-0.4, -0.2) is 12.1 Å². The first-order valence-corrected chi connectivity index (χ1v) is 6.06. The topological polar surface area (TPSA) is 38.0 Å². The third-order valence-electron chi connectivity index (χ3n) is 2.75. The van der Waals surface area contributed by atoms with Crippen LogP contribution in [0.1, 0.15) is 45.2 Å². The molecule has 2 nitrogen and oxygen atoms in total. The SMILES string of the molecule is CC(NCCCC(C)(C)N)c1ccccc1. The molecular formula is C14H24N2. The molecule has 3 N–H and O–H groups in total. The van der Waals surface area contributed by atoms with E-state index >= 15 is 0 Å². The highest BCUT2D eigenvalue weighted by molar-refractivity contribution is 5.17. The fourth-order valence-electron chi connectivity index (χ4n) is 1.72. The summed E-state index contributed by atoms with van der Waals surface area (Å²) in [6.45, 7) is 7.38. The lowest BCUT2D eigenvalue weighted by Crippen LogP contribution is -2.33. The Balaban J connectivity index is 2.24. The summed E-state index contributed by atoms with van der Waals surface area (Å²) < 4.78 is 0. The van der Waals surface area contributed by atoms with Crippen LogP contribution in [-0.2, 0) is 0 Å². The maximum absolute atomic E-state index is 5.94. The molecule has 0 aliphatic rings. The zero-order valence-corrected chi connectivity index (χ0v) is 10.7. The Hall–Kier alpha value is -0.860. The maximum Gasteiger partial charge on any atom is 0.0291 e. The number of rotatable bonds is 6. The van der Waals surface area contributed by atoms with Crippen molar-refractivity contribution >= 4 is 0 Å². The summed E-state index contributed by atoms with van der Waals surface area (Å²) in [7, 11) is 0.